The van der Waals surface area contributed by atoms with Gasteiger partial charge in [-0.2, -0.15) is 0 Å². The van der Waals surface area contributed by atoms with Gasteiger partial charge in [0.2, 0.25) is 5.91 Å². The Morgan fingerprint density at radius 3 is 2.26 bits per heavy atom. The molecular weight excluding hydrogens is 348 g/mol. The van der Waals surface area contributed by atoms with Gasteiger partial charge in [0.25, 0.3) is 5.91 Å². The molecule has 2 amide bonds. The normalized spacial score (nSPS) is 11.4. The van der Waals surface area contributed by atoms with E-state index in [0.29, 0.717) is 16.9 Å². The van der Waals surface area contributed by atoms with Crippen molar-refractivity contribution in [2.75, 3.05) is 13.7 Å². The topological polar surface area (TPSA) is 105 Å². The molecule has 0 aliphatic rings. The number of benzene rings is 2. The first-order valence-corrected chi connectivity index (χ1v) is 8.33. The molecular formula is C20H22N2O5. The molecule has 0 spiro atoms. The lowest BCUT2D eigenvalue weighted by Crippen LogP contribution is -2.41. The highest BCUT2D eigenvalue weighted by atomic mass is 16.5. The number of nitrogens with one attached hydrogen (secondary N) is 2. The second-order valence-electron chi connectivity index (χ2n) is 6.09. The lowest BCUT2D eigenvalue weighted by atomic mass is 10.1. The number of hydrogen-bond acceptors (Lipinski definition) is 4. The summed E-state index contributed by atoms with van der Waals surface area (Å²) < 4.78 is 5.03. The Morgan fingerprint density at radius 2 is 1.70 bits per heavy atom. The van der Waals surface area contributed by atoms with Crippen molar-refractivity contribution in [1.29, 1.82) is 0 Å². The summed E-state index contributed by atoms with van der Waals surface area (Å²) in [5, 5.41) is 14.3. The molecule has 1 atom stereocenters. The van der Waals surface area contributed by atoms with E-state index in [9.17, 15) is 19.5 Å². The first-order chi connectivity index (χ1) is 12.8. The summed E-state index contributed by atoms with van der Waals surface area (Å²) in [6.07, 6.45) is 0. The van der Waals surface area contributed by atoms with E-state index in [-0.39, 0.29) is 6.54 Å². The van der Waals surface area contributed by atoms with E-state index in [2.05, 4.69) is 10.6 Å². The number of aliphatic carboxylic acids is 1. The second kappa shape index (κ2) is 8.84. The van der Waals surface area contributed by atoms with Crippen LogP contribution in [-0.4, -0.2) is 36.5 Å². The van der Waals surface area contributed by atoms with Gasteiger partial charge in [0.05, 0.1) is 13.7 Å². The van der Waals surface area contributed by atoms with Crippen LogP contribution in [0.2, 0.25) is 0 Å². The number of carboxylic acid groups (broad SMARTS) is 1. The van der Waals surface area contributed by atoms with E-state index >= 15 is 0 Å². The van der Waals surface area contributed by atoms with Crippen molar-refractivity contribution < 1.29 is 24.2 Å². The van der Waals surface area contributed by atoms with Crippen LogP contribution in [0.5, 0.6) is 5.75 Å². The number of aryl methyl sites for hydroxylation is 2. The maximum atomic E-state index is 12.2. The summed E-state index contributed by atoms with van der Waals surface area (Å²) in [5.41, 5.74) is 2.87. The number of carboxylic acids is 1. The average molecular weight is 370 g/mol. The molecule has 0 aromatic heterocycles. The van der Waals surface area contributed by atoms with Crippen molar-refractivity contribution in [3.8, 4) is 5.75 Å². The number of hydrogen-bond donors (Lipinski definition) is 3. The third-order valence-corrected chi connectivity index (χ3v) is 4.18. The summed E-state index contributed by atoms with van der Waals surface area (Å²) >= 11 is 0. The third-order valence-electron chi connectivity index (χ3n) is 4.18. The summed E-state index contributed by atoms with van der Waals surface area (Å²) in [4.78, 5) is 35.7. The van der Waals surface area contributed by atoms with Gasteiger partial charge in [0.1, 0.15) is 5.75 Å². The highest BCUT2D eigenvalue weighted by Crippen LogP contribution is 2.18. The standard InChI is InChI=1S/C20H22N2O5/c1-12-4-5-15(10-13(12)2)19(24)21-11-17(23)22-18(20(25)26)14-6-8-16(27-3)9-7-14/h4-10,18H,11H2,1-3H3,(H,21,24)(H,22,23)(H,25,26). The maximum Gasteiger partial charge on any atom is 0.330 e. The predicted octanol–water partition coefficient (Wildman–Crippen LogP) is 1.98. The molecule has 27 heavy (non-hydrogen) atoms. The molecule has 142 valence electrons. The lowest BCUT2D eigenvalue weighted by Gasteiger charge is -2.15. The minimum absolute atomic E-state index is 0.328. The summed E-state index contributed by atoms with van der Waals surface area (Å²) in [6.45, 7) is 3.51. The van der Waals surface area contributed by atoms with Crippen LogP contribution >= 0.6 is 0 Å². The summed E-state index contributed by atoms with van der Waals surface area (Å²) in [6, 6.07) is 10.4. The number of carbonyl (C=O) groups excluding carboxylic acids is 2. The van der Waals surface area contributed by atoms with Crippen LogP contribution in [-0.2, 0) is 9.59 Å². The minimum Gasteiger partial charge on any atom is -0.497 e. The lowest BCUT2D eigenvalue weighted by molar-refractivity contribution is -0.141. The van der Waals surface area contributed by atoms with Gasteiger partial charge in [0.15, 0.2) is 6.04 Å². The van der Waals surface area contributed by atoms with E-state index < -0.39 is 23.8 Å². The molecule has 1 unspecified atom stereocenters. The molecule has 2 aromatic carbocycles. The van der Waals surface area contributed by atoms with Gasteiger partial charge in [-0.05, 0) is 54.8 Å². The number of amides is 2. The smallest absolute Gasteiger partial charge is 0.330 e. The Balaban J connectivity index is 1.98. The number of ether oxygens (including phenoxy) is 1. The number of rotatable bonds is 7. The van der Waals surface area contributed by atoms with Crippen molar-refractivity contribution >= 4 is 17.8 Å². The van der Waals surface area contributed by atoms with Crippen LogP contribution in [0.15, 0.2) is 42.5 Å². The van der Waals surface area contributed by atoms with Crippen LogP contribution in [0.25, 0.3) is 0 Å². The quantitative estimate of drug-likeness (QED) is 0.691. The maximum absolute atomic E-state index is 12.2. The fraction of sp³-hybridized carbons (Fsp3) is 0.250. The van der Waals surface area contributed by atoms with Crippen LogP contribution in [0.4, 0.5) is 0 Å². The molecule has 3 N–H and O–H groups in total. The van der Waals surface area contributed by atoms with E-state index in [1.807, 2.05) is 19.9 Å². The Kier molecular flexibility index (Phi) is 6.54. The molecule has 0 bridgehead atoms. The zero-order chi connectivity index (χ0) is 20.0. The van der Waals surface area contributed by atoms with Gasteiger partial charge in [-0.1, -0.05) is 18.2 Å². The van der Waals surface area contributed by atoms with E-state index in [4.69, 9.17) is 4.74 Å². The van der Waals surface area contributed by atoms with Gasteiger partial charge in [-0.25, -0.2) is 4.79 Å². The number of methoxy groups -OCH3 is 1. The van der Waals surface area contributed by atoms with Crippen molar-refractivity contribution in [3.63, 3.8) is 0 Å². The molecule has 2 aromatic rings. The summed E-state index contributed by atoms with van der Waals surface area (Å²) in [7, 11) is 1.50. The van der Waals surface area contributed by atoms with E-state index in [0.717, 1.165) is 11.1 Å². The fourth-order valence-corrected chi connectivity index (χ4v) is 2.44. The first kappa shape index (κ1) is 20.0. The molecule has 0 heterocycles. The second-order valence-corrected chi connectivity index (χ2v) is 6.09. The monoisotopic (exact) mass is 370 g/mol. The highest BCUT2D eigenvalue weighted by molar-refractivity contribution is 5.97. The highest BCUT2D eigenvalue weighted by Gasteiger charge is 2.22. The molecule has 2 rings (SSSR count). The molecule has 0 saturated carbocycles. The van der Waals surface area contributed by atoms with Gasteiger partial charge >= 0.3 is 5.97 Å². The molecule has 7 nitrogen and oxygen atoms in total. The van der Waals surface area contributed by atoms with Crippen molar-refractivity contribution in [1.82, 2.24) is 10.6 Å². The Bertz CT molecular complexity index is 846. The average Bonchev–Trinajstić information content (AvgIpc) is 2.66. The van der Waals surface area contributed by atoms with E-state index in [1.54, 1.807) is 36.4 Å². The van der Waals surface area contributed by atoms with E-state index in [1.165, 1.54) is 7.11 Å². The Labute approximate surface area is 157 Å². The van der Waals surface area contributed by atoms with Gasteiger partial charge < -0.3 is 20.5 Å². The molecule has 0 aliphatic carbocycles. The van der Waals surface area contributed by atoms with Crippen LogP contribution in [0.3, 0.4) is 0 Å². The molecule has 0 saturated heterocycles. The molecule has 0 aliphatic heterocycles. The Morgan fingerprint density at radius 1 is 1.04 bits per heavy atom. The largest absolute Gasteiger partial charge is 0.497 e. The zero-order valence-electron chi connectivity index (χ0n) is 15.4. The predicted molar refractivity (Wildman–Crippen MR) is 99.8 cm³/mol. The van der Waals surface area contributed by atoms with Crippen LogP contribution < -0.4 is 15.4 Å². The van der Waals surface area contributed by atoms with Crippen molar-refractivity contribution in [2.45, 2.75) is 19.9 Å². The third kappa shape index (κ3) is 5.31. The molecule has 0 radical (unpaired) electrons. The molecule has 7 heteroatoms. The molecule has 0 fully saturated rings. The van der Waals surface area contributed by atoms with Crippen LogP contribution in [0, 0.1) is 13.8 Å². The first-order valence-electron chi connectivity index (χ1n) is 8.33. The van der Waals surface area contributed by atoms with Crippen molar-refractivity contribution in [2.24, 2.45) is 0 Å². The SMILES string of the molecule is COc1ccc(C(NC(=O)CNC(=O)c2ccc(C)c(C)c2)C(=O)O)cc1. The Hall–Kier alpha value is -3.35. The zero-order valence-corrected chi connectivity index (χ0v) is 15.4. The van der Waals surface area contributed by atoms with Crippen LogP contribution in [0.1, 0.15) is 33.1 Å². The van der Waals surface area contributed by atoms with Gasteiger partial charge in [-0.15, -0.1) is 0 Å². The fourth-order valence-electron chi connectivity index (χ4n) is 2.44. The number of carbonyl (C=O) groups is 3. The van der Waals surface area contributed by atoms with Gasteiger partial charge in [-0.3, -0.25) is 9.59 Å². The van der Waals surface area contributed by atoms with Crippen molar-refractivity contribution in [3.05, 3.63) is 64.7 Å². The van der Waals surface area contributed by atoms with Gasteiger partial charge in [0, 0.05) is 5.56 Å². The summed E-state index contributed by atoms with van der Waals surface area (Å²) in [5.74, 6) is -1.62. The minimum atomic E-state index is -1.22.